The van der Waals surface area contributed by atoms with Crippen LogP contribution in [0, 0.1) is 18.3 Å². The number of benzene rings is 1. The predicted octanol–water partition coefficient (Wildman–Crippen LogP) is 2.31. The average Bonchev–Trinajstić information content (AvgIpc) is 2.91. The lowest BCUT2D eigenvalue weighted by atomic mass is 10.1. The average molecular weight is 298 g/mol. The molecular weight excluding hydrogens is 280 g/mol. The first-order valence-electron chi connectivity index (χ1n) is 6.93. The van der Waals surface area contributed by atoms with Crippen LogP contribution in [0.5, 0.6) is 0 Å². The molecule has 1 amide bonds. The zero-order chi connectivity index (χ0) is 16.1. The molecule has 2 rings (SSSR count). The molecule has 2 aromatic rings. The molecule has 1 N–H and O–H groups in total. The van der Waals surface area contributed by atoms with Gasteiger partial charge < -0.3 is 4.52 Å². The van der Waals surface area contributed by atoms with Crippen molar-refractivity contribution in [3.63, 3.8) is 0 Å². The number of amides is 1. The Hall–Kier alpha value is -2.65. The smallest absolute Gasteiger partial charge is 0.243 e. The highest BCUT2D eigenvalue weighted by Crippen LogP contribution is 2.12. The molecular formula is C16H18N4O2. The highest BCUT2D eigenvalue weighted by atomic mass is 16.5. The number of aryl methyl sites for hydroxylation is 1. The second-order valence-electron chi connectivity index (χ2n) is 5.23. The summed E-state index contributed by atoms with van der Waals surface area (Å²) >= 11 is 0. The number of likely N-dealkylation sites (N-methyl/N-ethyl adjacent to an activating group) is 1. The van der Waals surface area contributed by atoms with Gasteiger partial charge in [-0.1, -0.05) is 17.3 Å². The molecule has 0 aliphatic heterocycles. The van der Waals surface area contributed by atoms with E-state index in [2.05, 4.69) is 16.5 Å². The number of anilines is 1. The highest BCUT2D eigenvalue weighted by Gasteiger charge is 2.19. The van der Waals surface area contributed by atoms with Crippen LogP contribution in [0.15, 0.2) is 34.9 Å². The van der Waals surface area contributed by atoms with Crippen LogP contribution in [0.25, 0.3) is 0 Å². The molecule has 1 heterocycles. The Labute approximate surface area is 129 Å². The number of nitriles is 1. The van der Waals surface area contributed by atoms with E-state index in [9.17, 15) is 4.79 Å². The van der Waals surface area contributed by atoms with Gasteiger partial charge in [-0.05, 0) is 38.6 Å². The van der Waals surface area contributed by atoms with Crippen LogP contribution in [0.1, 0.15) is 23.7 Å². The van der Waals surface area contributed by atoms with Crippen LogP contribution in [0.4, 0.5) is 5.88 Å². The number of aromatic nitrogens is 1. The third kappa shape index (κ3) is 3.93. The van der Waals surface area contributed by atoms with Crippen LogP contribution < -0.4 is 5.32 Å². The van der Waals surface area contributed by atoms with Gasteiger partial charge in [0.15, 0.2) is 0 Å². The fraction of sp³-hybridized carbons (Fsp3) is 0.312. The minimum absolute atomic E-state index is 0.171. The Morgan fingerprint density at radius 1 is 1.50 bits per heavy atom. The lowest BCUT2D eigenvalue weighted by Gasteiger charge is -2.23. The SMILES string of the molecule is Cc1cc(NC(=O)[C@@H](C)N(C)Cc2cccc(C#N)c2)on1. The summed E-state index contributed by atoms with van der Waals surface area (Å²) in [7, 11) is 1.86. The molecule has 1 aromatic carbocycles. The topological polar surface area (TPSA) is 82.2 Å². The second-order valence-corrected chi connectivity index (χ2v) is 5.23. The van der Waals surface area contributed by atoms with Crippen molar-refractivity contribution in [3.8, 4) is 6.07 Å². The maximum absolute atomic E-state index is 12.2. The van der Waals surface area contributed by atoms with Crippen LogP contribution in [0.2, 0.25) is 0 Å². The second kappa shape index (κ2) is 6.87. The first-order valence-corrected chi connectivity index (χ1v) is 6.93. The van der Waals surface area contributed by atoms with Crippen molar-refractivity contribution < 1.29 is 9.32 Å². The lowest BCUT2D eigenvalue weighted by molar-refractivity contribution is -0.120. The van der Waals surface area contributed by atoms with Gasteiger partial charge in [-0.2, -0.15) is 5.26 Å². The molecule has 0 saturated carbocycles. The number of nitrogens with zero attached hydrogens (tertiary/aromatic N) is 3. The van der Waals surface area contributed by atoms with Crippen LogP contribution in [-0.4, -0.2) is 29.1 Å². The molecule has 0 aliphatic rings. The van der Waals surface area contributed by atoms with Gasteiger partial charge in [0.25, 0.3) is 0 Å². The van der Waals surface area contributed by atoms with Gasteiger partial charge in [-0.15, -0.1) is 0 Å². The molecule has 114 valence electrons. The predicted molar refractivity (Wildman–Crippen MR) is 82.0 cm³/mol. The third-order valence-corrected chi connectivity index (χ3v) is 3.40. The summed E-state index contributed by atoms with van der Waals surface area (Å²) in [6.07, 6.45) is 0. The van der Waals surface area contributed by atoms with E-state index in [1.165, 1.54) is 0 Å². The van der Waals surface area contributed by atoms with Crippen LogP contribution >= 0.6 is 0 Å². The third-order valence-electron chi connectivity index (χ3n) is 3.40. The van der Waals surface area contributed by atoms with Gasteiger partial charge in [0.1, 0.15) is 0 Å². The number of carbonyl (C=O) groups excluding carboxylic acids is 1. The number of hydrogen-bond acceptors (Lipinski definition) is 5. The van der Waals surface area contributed by atoms with Crippen molar-refractivity contribution in [2.45, 2.75) is 26.4 Å². The Morgan fingerprint density at radius 3 is 2.91 bits per heavy atom. The van der Waals surface area contributed by atoms with Crippen LogP contribution in [0.3, 0.4) is 0 Å². The summed E-state index contributed by atoms with van der Waals surface area (Å²) in [6.45, 7) is 4.17. The Balaban J connectivity index is 1.97. The number of hydrogen-bond donors (Lipinski definition) is 1. The van der Waals surface area contributed by atoms with Crippen molar-refractivity contribution in [1.82, 2.24) is 10.1 Å². The molecule has 6 nitrogen and oxygen atoms in total. The monoisotopic (exact) mass is 298 g/mol. The van der Waals surface area contributed by atoms with E-state index >= 15 is 0 Å². The summed E-state index contributed by atoms with van der Waals surface area (Å²) in [5, 5.41) is 15.3. The van der Waals surface area contributed by atoms with E-state index in [0.717, 1.165) is 5.56 Å². The zero-order valence-electron chi connectivity index (χ0n) is 12.8. The lowest BCUT2D eigenvalue weighted by Crippen LogP contribution is -2.39. The summed E-state index contributed by atoms with van der Waals surface area (Å²) < 4.78 is 4.98. The first kappa shape index (κ1) is 15.7. The van der Waals surface area contributed by atoms with Crippen molar-refractivity contribution in [2.24, 2.45) is 0 Å². The number of nitrogens with one attached hydrogen (secondary N) is 1. The van der Waals surface area contributed by atoms with Crippen LogP contribution in [-0.2, 0) is 11.3 Å². The van der Waals surface area contributed by atoms with Gasteiger partial charge in [0, 0.05) is 12.6 Å². The Bertz CT molecular complexity index is 702. The van der Waals surface area contributed by atoms with Gasteiger partial charge in [0.05, 0.1) is 23.4 Å². The Morgan fingerprint density at radius 2 is 2.27 bits per heavy atom. The van der Waals surface area contributed by atoms with Gasteiger partial charge in [0.2, 0.25) is 11.8 Å². The minimum Gasteiger partial charge on any atom is -0.338 e. The van der Waals surface area contributed by atoms with Crippen molar-refractivity contribution in [2.75, 3.05) is 12.4 Å². The molecule has 0 fully saturated rings. The maximum Gasteiger partial charge on any atom is 0.243 e. The normalized spacial score (nSPS) is 12.0. The standard InChI is InChI=1S/C16H18N4O2/c1-11-7-15(22-19-11)18-16(21)12(2)20(3)10-14-6-4-5-13(8-14)9-17/h4-8,12H,10H2,1-3H3,(H,18,21)/t12-/m1/s1. The molecule has 0 spiro atoms. The van der Waals surface area contributed by atoms with Gasteiger partial charge in [-0.3, -0.25) is 15.0 Å². The van der Waals surface area contributed by atoms with E-state index in [-0.39, 0.29) is 11.9 Å². The molecule has 6 heteroatoms. The summed E-state index contributed by atoms with van der Waals surface area (Å²) in [5.74, 6) is 0.171. The number of rotatable bonds is 5. The molecule has 0 radical (unpaired) electrons. The summed E-state index contributed by atoms with van der Waals surface area (Å²) in [5.41, 5.74) is 2.31. The van der Waals surface area contributed by atoms with Crippen molar-refractivity contribution in [1.29, 1.82) is 5.26 Å². The van der Waals surface area contributed by atoms with E-state index in [0.29, 0.717) is 23.7 Å². The minimum atomic E-state index is -0.351. The molecule has 1 aromatic heterocycles. The van der Waals surface area contributed by atoms with Gasteiger partial charge >= 0.3 is 0 Å². The summed E-state index contributed by atoms with van der Waals surface area (Å²) in [4.78, 5) is 14.1. The van der Waals surface area contributed by atoms with E-state index in [4.69, 9.17) is 9.78 Å². The fourth-order valence-electron chi connectivity index (χ4n) is 2.01. The van der Waals surface area contributed by atoms with E-state index in [1.807, 2.05) is 37.1 Å². The molecule has 0 bridgehead atoms. The molecule has 0 saturated heterocycles. The Kier molecular flexibility index (Phi) is 4.92. The van der Waals surface area contributed by atoms with E-state index < -0.39 is 0 Å². The quantitative estimate of drug-likeness (QED) is 0.916. The molecule has 0 unspecified atom stereocenters. The highest BCUT2D eigenvalue weighted by molar-refractivity contribution is 5.93. The first-order chi connectivity index (χ1) is 10.5. The molecule has 22 heavy (non-hydrogen) atoms. The zero-order valence-corrected chi connectivity index (χ0v) is 12.8. The number of carbonyl (C=O) groups is 1. The van der Waals surface area contributed by atoms with Gasteiger partial charge in [-0.25, -0.2) is 0 Å². The van der Waals surface area contributed by atoms with Crippen molar-refractivity contribution in [3.05, 3.63) is 47.2 Å². The van der Waals surface area contributed by atoms with Crippen molar-refractivity contribution >= 4 is 11.8 Å². The largest absolute Gasteiger partial charge is 0.338 e. The summed E-state index contributed by atoms with van der Waals surface area (Å²) in [6, 6.07) is 10.8. The van der Waals surface area contributed by atoms with E-state index in [1.54, 1.807) is 19.1 Å². The maximum atomic E-state index is 12.2. The fourth-order valence-corrected chi connectivity index (χ4v) is 2.01. The molecule has 1 atom stereocenters. The molecule has 0 aliphatic carbocycles.